The summed E-state index contributed by atoms with van der Waals surface area (Å²) in [5.41, 5.74) is -1.11. The molecule has 1 atom stereocenters. The highest BCUT2D eigenvalue weighted by Gasteiger charge is 2.17. The number of nitrogens with one attached hydrogen (secondary N) is 1. The Morgan fingerprint density at radius 1 is 1.37 bits per heavy atom. The fourth-order valence-corrected chi connectivity index (χ4v) is 1.68. The minimum Gasteiger partial charge on any atom is -0.391 e. The molecule has 1 aromatic carbocycles. The monoisotopic (exact) mass is 274 g/mol. The molecule has 0 bridgehead atoms. The van der Waals surface area contributed by atoms with E-state index in [2.05, 4.69) is 5.32 Å². The molecule has 0 aliphatic carbocycles. The summed E-state index contributed by atoms with van der Waals surface area (Å²) in [4.78, 5) is 9.54. The maximum Gasteiger partial charge on any atom is 0.275 e. The Hall–Kier alpha value is -1.76. The summed E-state index contributed by atoms with van der Waals surface area (Å²) in [6.07, 6.45) is -0.252. The minimum absolute atomic E-state index is 0.0240. The second-order valence-electron chi connectivity index (χ2n) is 4.71. The molecule has 0 saturated heterocycles. The summed E-state index contributed by atoms with van der Waals surface area (Å²) in [6.45, 7) is 3.80. The largest absolute Gasteiger partial charge is 0.391 e. The van der Waals surface area contributed by atoms with Crippen molar-refractivity contribution >= 4 is 11.4 Å². The zero-order valence-corrected chi connectivity index (χ0v) is 10.7. The maximum absolute atomic E-state index is 13.5. The fourth-order valence-electron chi connectivity index (χ4n) is 1.68. The summed E-state index contributed by atoms with van der Waals surface area (Å²) in [6, 6.07) is 1.28. The van der Waals surface area contributed by atoms with E-state index in [1.807, 2.05) is 13.8 Å². The average molecular weight is 274 g/mol. The molecule has 1 rings (SSSR count). The van der Waals surface area contributed by atoms with Crippen LogP contribution in [0, 0.1) is 27.7 Å². The lowest BCUT2D eigenvalue weighted by Crippen LogP contribution is -2.22. The molecule has 5 nitrogen and oxygen atoms in total. The second kappa shape index (κ2) is 6.42. The molecule has 19 heavy (non-hydrogen) atoms. The van der Waals surface area contributed by atoms with Gasteiger partial charge in [0, 0.05) is 6.54 Å². The van der Waals surface area contributed by atoms with E-state index < -0.39 is 34.0 Å². The van der Waals surface area contributed by atoms with Crippen LogP contribution in [0.1, 0.15) is 20.3 Å². The number of nitro benzene ring substituents is 1. The molecule has 106 valence electrons. The van der Waals surface area contributed by atoms with Gasteiger partial charge in [0.2, 0.25) is 0 Å². The standard InChI is InChI=1S/C12H16F2N2O3/c1-7(2)3-9(17)6-15-12-10(13)4-8(16(18)19)5-11(12)14/h4-5,7,9,15,17H,3,6H2,1-2H3. The van der Waals surface area contributed by atoms with E-state index >= 15 is 0 Å². The van der Waals surface area contributed by atoms with Gasteiger partial charge in [-0.05, 0) is 12.3 Å². The Bertz CT molecular complexity index is 443. The molecule has 0 aliphatic rings. The summed E-state index contributed by atoms with van der Waals surface area (Å²) in [7, 11) is 0. The molecule has 0 aromatic heterocycles. The zero-order chi connectivity index (χ0) is 14.6. The summed E-state index contributed by atoms with van der Waals surface area (Å²) < 4.78 is 27.0. The lowest BCUT2D eigenvalue weighted by Gasteiger charge is -2.15. The van der Waals surface area contributed by atoms with Crippen LogP contribution in [0.5, 0.6) is 0 Å². The molecule has 0 saturated carbocycles. The van der Waals surface area contributed by atoms with Crippen molar-refractivity contribution in [3.05, 3.63) is 33.9 Å². The van der Waals surface area contributed by atoms with Gasteiger partial charge in [-0.3, -0.25) is 10.1 Å². The SMILES string of the molecule is CC(C)CC(O)CNc1c(F)cc([N+](=O)[O-])cc1F. The van der Waals surface area contributed by atoms with Crippen LogP contribution in [-0.4, -0.2) is 22.7 Å². The number of aliphatic hydroxyl groups excluding tert-OH is 1. The molecule has 0 aliphatic heterocycles. The van der Waals surface area contributed by atoms with Crippen LogP contribution in [0.4, 0.5) is 20.2 Å². The van der Waals surface area contributed by atoms with Gasteiger partial charge in [0.1, 0.15) is 5.69 Å². The topological polar surface area (TPSA) is 75.4 Å². The molecule has 1 unspecified atom stereocenters. The van der Waals surface area contributed by atoms with Crippen molar-refractivity contribution in [3.63, 3.8) is 0 Å². The van der Waals surface area contributed by atoms with Crippen LogP contribution in [-0.2, 0) is 0 Å². The Labute approximate surface area is 109 Å². The number of non-ortho nitro benzene ring substituents is 1. The van der Waals surface area contributed by atoms with Crippen molar-refractivity contribution in [1.29, 1.82) is 0 Å². The third-order valence-corrected chi connectivity index (χ3v) is 2.50. The van der Waals surface area contributed by atoms with E-state index in [-0.39, 0.29) is 12.5 Å². The predicted molar refractivity (Wildman–Crippen MR) is 67.0 cm³/mol. The van der Waals surface area contributed by atoms with E-state index in [0.29, 0.717) is 18.6 Å². The molecule has 2 N–H and O–H groups in total. The van der Waals surface area contributed by atoms with Gasteiger partial charge in [-0.1, -0.05) is 13.8 Å². The van der Waals surface area contributed by atoms with E-state index in [1.165, 1.54) is 0 Å². The smallest absolute Gasteiger partial charge is 0.275 e. The first kappa shape index (κ1) is 15.3. The third kappa shape index (κ3) is 4.44. The molecule has 0 fully saturated rings. The lowest BCUT2D eigenvalue weighted by molar-refractivity contribution is -0.385. The Morgan fingerprint density at radius 3 is 2.32 bits per heavy atom. The number of rotatable bonds is 6. The van der Waals surface area contributed by atoms with Gasteiger partial charge in [0.15, 0.2) is 11.6 Å². The Kier molecular flexibility index (Phi) is 5.17. The first-order valence-electron chi connectivity index (χ1n) is 5.86. The fraction of sp³-hybridized carbons (Fsp3) is 0.500. The molecule has 1 aromatic rings. The lowest BCUT2D eigenvalue weighted by atomic mass is 10.1. The second-order valence-corrected chi connectivity index (χ2v) is 4.71. The van der Waals surface area contributed by atoms with Gasteiger partial charge >= 0.3 is 0 Å². The average Bonchev–Trinajstić information content (AvgIpc) is 2.26. The predicted octanol–water partition coefficient (Wildman–Crippen LogP) is 2.69. The highest BCUT2D eigenvalue weighted by atomic mass is 19.1. The number of benzene rings is 1. The van der Waals surface area contributed by atoms with Gasteiger partial charge in [-0.2, -0.15) is 0 Å². The van der Waals surface area contributed by atoms with Crippen LogP contribution in [0.3, 0.4) is 0 Å². The highest BCUT2D eigenvalue weighted by Crippen LogP contribution is 2.24. The number of aliphatic hydroxyl groups is 1. The van der Waals surface area contributed by atoms with Crippen LogP contribution >= 0.6 is 0 Å². The van der Waals surface area contributed by atoms with Gasteiger partial charge in [-0.25, -0.2) is 8.78 Å². The van der Waals surface area contributed by atoms with Gasteiger partial charge in [0.25, 0.3) is 5.69 Å². The highest BCUT2D eigenvalue weighted by molar-refractivity contribution is 5.51. The third-order valence-electron chi connectivity index (χ3n) is 2.50. The molecular formula is C12H16F2N2O3. The molecule has 0 spiro atoms. The number of hydrogen-bond acceptors (Lipinski definition) is 4. The van der Waals surface area contributed by atoms with Gasteiger partial charge in [0.05, 0.1) is 23.2 Å². The molecular weight excluding hydrogens is 258 g/mol. The van der Waals surface area contributed by atoms with E-state index in [4.69, 9.17) is 0 Å². The Balaban J connectivity index is 2.77. The molecule has 0 radical (unpaired) electrons. The van der Waals surface area contributed by atoms with Crippen LogP contribution in [0.15, 0.2) is 12.1 Å². The number of nitro groups is 1. The van der Waals surface area contributed by atoms with Crippen molar-refractivity contribution in [2.24, 2.45) is 5.92 Å². The summed E-state index contributed by atoms with van der Waals surface area (Å²) in [5, 5.41) is 22.4. The number of nitrogens with zero attached hydrogens (tertiary/aromatic N) is 1. The first-order valence-corrected chi connectivity index (χ1v) is 5.86. The summed E-state index contributed by atoms with van der Waals surface area (Å²) in [5.74, 6) is -1.85. The number of hydrogen-bond donors (Lipinski definition) is 2. The quantitative estimate of drug-likeness (QED) is 0.617. The Morgan fingerprint density at radius 2 is 1.89 bits per heavy atom. The number of halogens is 2. The first-order chi connectivity index (χ1) is 8.81. The maximum atomic E-state index is 13.5. The van der Waals surface area contributed by atoms with Crippen molar-refractivity contribution in [1.82, 2.24) is 0 Å². The summed E-state index contributed by atoms with van der Waals surface area (Å²) >= 11 is 0. The van der Waals surface area contributed by atoms with E-state index in [0.717, 1.165) is 0 Å². The van der Waals surface area contributed by atoms with Crippen LogP contribution in [0.25, 0.3) is 0 Å². The van der Waals surface area contributed by atoms with Crippen LogP contribution in [0.2, 0.25) is 0 Å². The van der Waals surface area contributed by atoms with Crippen LogP contribution < -0.4 is 5.32 Å². The van der Waals surface area contributed by atoms with Crippen molar-refractivity contribution in [3.8, 4) is 0 Å². The molecule has 7 heteroatoms. The van der Waals surface area contributed by atoms with E-state index in [1.54, 1.807) is 0 Å². The van der Waals surface area contributed by atoms with Crippen molar-refractivity contribution in [2.75, 3.05) is 11.9 Å². The number of anilines is 1. The molecule has 0 heterocycles. The molecule has 0 amide bonds. The zero-order valence-electron chi connectivity index (χ0n) is 10.7. The van der Waals surface area contributed by atoms with Gasteiger partial charge in [-0.15, -0.1) is 0 Å². The van der Waals surface area contributed by atoms with Crippen molar-refractivity contribution < 1.29 is 18.8 Å². The minimum atomic E-state index is -1.05. The van der Waals surface area contributed by atoms with Crippen molar-refractivity contribution in [2.45, 2.75) is 26.4 Å². The normalized spacial score (nSPS) is 12.5. The van der Waals surface area contributed by atoms with Gasteiger partial charge < -0.3 is 10.4 Å². The van der Waals surface area contributed by atoms with E-state index in [9.17, 15) is 24.0 Å².